The minimum absolute atomic E-state index is 0.0832. The fourth-order valence-electron chi connectivity index (χ4n) is 5.05. The average Bonchev–Trinajstić information content (AvgIpc) is 3.08. The average molecular weight is 607 g/mol. The van der Waals surface area contributed by atoms with Gasteiger partial charge in [-0.25, -0.2) is 4.79 Å². The minimum Gasteiger partial charge on any atom is -0.494 e. The maximum absolute atomic E-state index is 13.2. The molecule has 0 spiro atoms. The van der Waals surface area contributed by atoms with Gasteiger partial charge in [0.15, 0.2) is 5.78 Å². The smallest absolute Gasteiger partial charge is 0.328 e. The van der Waals surface area contributed by atoms with E-state index in [1.54, 1.807) is 30.3 Å². The van der Waals surface area contributed by atoms with Crippen LogP contribution in [0, 0.1) is 0 Å². The zero-order valence-corrected chi connectivity index (χ0v) is 25.9. The van der Waals surface area contributed by atoms with Gasteiger partial charge in [0.05, 0.1) is 13.7 Å². The number of hydrogen-bond acceptors (Lipinski definition) is 6. The van der Waals surface area contributed by atoms with Gasteiger partial charge >= 0.3 is 5.97 Å². The Labute approximate surface area is 266 Å². The number of para-hydroxylation sites is 1. The number of rotatable bonds is 18. The molecule has 4 rings (SSSR count). The minimum atomic E-state index is -0.695. The van der Waals surface area contributed by atoms with Gasteiger partial charge in [-0.15, -0.1) is 0 Å². The number of benzene rings is 4. The molecule has 0 fully saturated rings. The molecule has 0 bridgehead atoms. The summed E-state index contributed by atoms with van der Waals surface area (Å²) in [6.45, 7) is 1.05. The van der Waals surface area contributed by atoms with Gasteiger partial charge in [-0.2, -0.15) is 0 Å². The van der Waals surface area contributed by atoms with Crippen molar-refractivity contribution in [1.29, 1.82) is 0 Å². The SMILES string of the molecule is COC(=O)[C@H](Cc1ccc(OCCCNC(=O)CCCCCc2ccccc2)cc1)Nc1ccccc1C(=O)c1ccccc1. The van der Waals surface area contributed by atoms with Gasteiger partial charge < -0.3 is 20.1 Å². The largest absolute Gasteiger partial charge is 0.494 e. The molecule has 0 saturated heterocycles. The summed E-state index contributed by atoms with van der Waals surface area (Å²) in [6.07, 6.45) is 5.69. The first-order chi connectivity index (χ1) is 22.0. The molecule has 0 heterocycles. The molecular weight excluding hydrogens is 564 g/mol. The molecule has 0 aromatic heterocycles. The Balaban J connectivity index is 1.18. The second kappa shape index (κ2) is 18.0. The van der Waals surface area contributed by atoms with Crippen LogP contribution in [-0.4, -0.2) is 44.0 Å². The summed E-state index contributed by atoms with van der Waals surface area (Å²) >= 11 is 0. The molecule has 0 aliphatic heterocycles. The van der Waals surface area contributed by atoms with Gasteiger partial charge in [-0.05, 0) is 61.1 Å². The molecule has 4 aromatic carbocycles. The predicted molar refractivity (Wildman–Crippen MR) is 178 cm³/mol. The molecule has 0 aliphatic carbocycles. The molecule has 4 aromatic rings. The second-order valence-electron chi connectivity index (χ2n) is 10.9. The quantitative estimate of drug-likeness (QED) is 0.0735. The van der Waals surface area contributed by atoms with Crippen LogP contribution < -0.4 is 15.4 Å². The lowest BCUT2D eigenvalue weighted by atomic mass is 10.00. The van der Waals surface area contributed by atoms with Crippen molar-refractivity contribution in [3.8, 4) is 5.75 Å². The highest BCUT2D eigenvalue weighted by atomic mass is 16.5. The number of ether oxygens (including phenoxy) is 2. The zero-order chi connectivity index (χ0) is 31.7. The molecule has 2 N–H and O–H groups in total. The molecule has 1 amide bonds. The molecule has 1 atom stereocenters. The van der Waals surface area contributed by atoms with Crippen molar-refractivity contribution in [2.45, 2.75) is 51.0 Å². The Morgan fingerprint density at radius 2 is 1.40 bits per heavy atom. The fourth-order valence-corrected chi connectivity index (χ4v) is 5.05. The Kier molecular flexibility index (Phi) is 13.2. The number of methoxy groups -OCH3 is 1. The normalized spacial score (nSPS) is 11.3. The summed E-state index contributed by atoms with van der Waals surface area (Å²) in [5, 5.41) is 6.21. The van der Waals surface area contributed by atoms with Crippen molar-refractivity contribution in [3.05, 3.63) is 131 Å². The molecule has 0 radical (unpaired) electrons. The summed E-state index contributed by atoms with van der Waals surface area (Å²) in [4.78, 5) is 38.0. The fraction of sp³-hybridized carbons (Fsp3) is 0.289. The Morgan fingerprint density at radius 1 is 0.711 bits per heavy atom. The van der Waals surface area contributed by atoms with E-state index >= 15 is 0 Å². The van der Waals surface area contributed by atoms with Crippen LogP contribution in [0.3, 0.4) is 0 Å². The summed E-state index contributed by atoms with van der Waals surface area (Å²) < 4.78 is 10.9. The van der Waals surface area contributed by atoms with Gasteiger partial charge in [0, 0.05) is 36.2 Å². The van der Waals surface area contributed by atoms with E-state index in [-0.39, 0.29) is 11.7 Å². The van der Waals surface area contributed by atoms with Gasteiger partial charge in [0.2, 0.25) is 5.91 Å². The summed E-state index contributed by atoms with van der Waals surface area (Å²) in [5.41, 5.74) is 3.87. The lowest BCUT2D eigenvalue weighted by Gasteiger charge is -2.20. The van der Waals surface area contributed by atoms with Crippen LogP contribution in [0.15, 0.2) is 109 Å². The number of esters is 1. The number of anilines is 1. The van der Waals surface area contributed by atoms with Gasteiger partial charge in [-0.1, -0.05) is 91.3 Å². The van der Waals surface area contributed by atoms with Crippen LogP contribution in [-0.2, 0) is 27.2 Å². The summed E-state index contributed by atoms with van der Waals surface area (Å²) in [5.74, 6) is 0.245. The number of amides is 1. The van der Waals surface area contributed by atoms with Crippen molar-refractivity contribution in [1.82, 2.24) is 5.32 Å². The third-order valence-electron chi connectivity index (χ3n) is 7.51. The first kappa shape index (κ1) is 33.0. The Hall–Kier alpha value is -4.91. The molecule has 7 heteroatoms. The van der Waals surface area contributed by atoms with Crippen LogP contribution in [0.5, 0.6) is 5.75 Å². The molecule has 7 nitrogen and oxygen atoms in total. The third-order valence-corrected chi connectivity index (χ3v) is 7.51. The van der Waals surface area contributed by atoms with Crippen molar-refractivity contribution >= 4 is 23.3 Å². The summed E-state index contributed by atoms with van der Waals surface area (Å²) in [7, 11) is 1.35. The van der Waals surface area contributed by atoms with E-state index in [1.807, 2.05) is 54.6 Å². The van der Waals surface area contributed by atoms with Gasteiger partial charge in [0.1, 0.15) is 11.8 Å². The topological polar surface area (TPSA) is 93.7 Å². The van der Waals surface area contributed by atoms with E-state index in [0.29, 0.717) is 55.0 Å². The first-order valence-electron chi connectivity index (χ1n) is 15.6. The number of unbranched alkanes of at least 4 members (excludes halogenated alkanes) is 2. The first-order valence-corrected chi connectivity index (χ1v) is 15.6. The molecule has 234 valence electrons. The van der Waals surface area contributed by atoms with Crippen molar-refractivity contribution in [2.24, 2.45) is 0 Å². The van der Waals surface area contributed by atoms with Crippen molar-refractivity contribution in [2.75, 3.05) is 25.6 Å². The highest BCUT2D eigenvalue weighted by Crippen LogP contribution is 2.22. The van der Waals surface area contributed by atoms with E-state index < -0.39 is 12.0 Å². The number of carbonyl (C=O) groups is 3. The van der Waals surface area contributed by atoms with E-state index in [1.165, 1.54) is 12.7 Å². The maximum atomic E-state index is 13.2. The van der Waals surface area contributed by atoms with Crippen LogP contribution >= 0.6 is 0 Å². The lowest BCUT2D eigenvalue weighted by Crippen LogP contribution is -2.33. The molecular formula is C38H42N2O5. The number of hydrogen-bond donors (Lipinski definition) is 2. The molecule has 0 unspecified atom stereocenters. The zero-order valence-electron chi connectivity index (χ0n) is 25.9. The molecule has 0 aliphatic rings. The van der Waals surface area contributed by atoms with Crippen LogP contribution in [0.1, 0.15) is 59.2 Å². The van der Waals surface area contributed by atoms with E-state index in [2.05, 4.69) is 34.9 Å². The van der Waals surface area contributed by atoms with Crippen molar-refractivity contribution in [3.63, 3.8) is 0 Å². The summed E-state index contributed by atoms with van der Waals surface area (Å²) in [6, 6.07) is 33.5. The number of carbonyl (C=O) groups excluding carboxylic acids is 3. The number of ketones is 1. The van der Waals surface area contributed by atoms with Crippen molar-refractivity contribution < 1.29 is 23.9 Å². The van der Waals surface area contributed by atoms with E-state index in [4.69, 9.17) is 9.47 Å². The van der Waals surface area contributed by atoms with E-state index in [0.717, 1.165) is 31.2 Å². The van der Waals surface area contributed by atoms with Crippen LogP contribution in [0.4, 0.5) is 5.69 Å². The lowest BCUT2D eigenvalue weighted by molar-refractivity contribution is -0.141. The van der Waals surface area contributed by atoms with E-state index in [9.17, 15) is 14.4 Å². The third kappa shape index (κ3) is 10.9. The monoisotopic (exact) mass is 606 g/mol. The highest BCUT2D eigenvalue weighted by Gasteiger charge is 2.22. The number of nitrogens with one attached hydrogen (secondary N) is 2. The standard InChI is InChI=1S/C38H42N2O5/c1-44-38(43)35(40-34-20-12-11-19-33(34)37(42)31-17-8-4-9-18-31)28-30-22-24-32(25-23-30)45-27-13-26-39-36(41)21-10-3-7-16-29-14-5-2-6-15-29/h2,4-6,8-9,11-12,14-15,17-20,22-25,35,40H,3,7,10,13,16,21,26-28H2,1H3,(H,39,41)/t35-/m0/s1. The Bertz CT molecular complexity index is 1490. The molecule has 45 heavy (non-hydrogen) atoms. The van der Waals surface area contributed by atoms with Gasteiger partial charge in [-0.3, -0.25) is 9.59 Å². The highest BCUT2D eigenvalue weighted by molar-refractivity contribution is 6.12. The Morgan fingerprint density at radius 3 is 2.13 bits per heavy atom. The number of aryl methyl sites for hydroxylation is 1. The van der Waals surface area contributed by atoms with Gasteiger partial charge in [0.25, 0.3) is 0 Å². The molecule has 0 saturated carbocycles. The predicted octanol–water partition coefficient (Wildman–Crippen LogP) is 6.80. The second-order valence-corrected chi connectivity index (χ2v) is 10.9. The van der Waals surface area contributed by atoms with Crippen LogP contribution in [0.2, 0.25) is 0 Å². The maximum Gasteiger partial charge on any atom is 0.328 e. The van der Waals surface area contributed by atoms with Crippen LogP contribution in [0.25, 0.3) is 0 Å².